The second-order valence-electron chi connectivity index (χ2n) is 5.11. The minimum Gasteiger partial charge on any atom is -0.300 e. The van der Waals surface area contributed by atoms with E-state index in [4.69, 9.17) is 0 Å². The number of ketones is 1. The molecule has 108 valence electrons. The van der Waals surface area contributed by atoms with Gasteiger partial charge in [0.25, 0.3) is 0 Å². The van der Waals surface area contributed by atoms with Crippen LogP contribution in [0.3, 0.4) is 0 Å². The Balaban J connectivity index is 0.000000271. The van der Waals surface area contributed by atoms with Gasteiger partial charge in [-0.15, -0.1) is 0 Å². The van der Waals surface area contributed by atoms with E-state index in [2.05, 4.69) is 19.1 Å². The normalized spacial score (nSPS) is 8.85. The first kappa shape index (κ1) is 18.1. The molecular weight excluding hydrogens is 244 g/mol. The van der Waals surface area contributed by atoms with Gasteiger partial charge in [-0.1, -0.05) is 86.1 Å². The Morgan fingerprint density at radius 3 is 1.35 bits per heavy atom. The lowest BCUT2D eigenvalue weighted by Crippen LogP contribution is -1.95. The summed E-state index contributed by atoms with van der Waals surface area (Å²) in [5.41, 5.74) is 1.32. The van der Waals surface area contributed by atoms with E-state index in [0.29, 0.717) is 5.92 Å². The van der Waals surface area contributed by atoms with Crippen LogP contribution in [0.2, 0.25) is 0 Å². The summed E-state index contributed by atoms with van der Waals surface area (Å²) in [5.74, 6) is 0.813. The van der Waals surface area contributed by atoms with Gasteiger partial charge in [0.15, 0.2) is 0 Å². The molecule has 0 aliphatic heterocycles. The average molecular weight is 270 g/mol. The van der Waals surface area contributed by atoms with Crippen LogP contribution in [-0.4, -0.2) is 5.78 Å². The van der Waals surface area contributed by atoms with Crippen molar-refractivity contribution < 1.29 is 4.79 Å². The van der Waals surface area contributed by atoms with Crippen molar-refractivity contribution in [2.75, 3.05) is 0 Å². The van der Waals surface area contributed by atoms with Crippen molar-refractivity contribution in [3.05, 3.63) is 72.3 Å². The Bertz CT molecular complexity index is 405. The Hall–Kier alpha value is -1.89. The maximum absolute atomic E-state index is 10.3. The van der Waals surface area contributed by atoms with Crippen molar-refractivity contribution in [2.24, 2.45) is 5.92 Å². The Kier molecular flexibility index (Phi) is 11.0. The van der Waals surface area contributed by atoms with E-state index in [-0.39, 0.29) is 5.78 Å². The summed E-state index contributed by atoms with van der Waals surface area (Å²) in [4.78, 5) is 10.3. The smallest absolute Gasteiger partial charge is 0.130 e. The highest BCUT2D eigenvalue weighted by atomic mass is 16.1. The fourth-order valence-electron chi connectivity index (χ4n) is 1.49. The van der Waals surface area contributed by atoms with E-state index in [1.165, 1.54) is 5.56 Å². The summed E-state index contributed by atoms with van der Waals surface area (Å²) < 4.78 is 0. The van der Waals surface area contributed by atoms with E-state index < -0.39 is 0 Å². The molecule has 0 fully saturated rings. The SMILES string of the molecule is CC(=O)CC(C)C.Cc1ccccc1.c1ccccc1. The van der Waals surface area contributed by atoms with Gasteiger partial charge in [0.1, 0.15) is 5.78 Å². The van der Waals surface area contributed by atoms with Crippen LogP contribution < -0.4 is 0 Å². The molecule has 2 aromatic rings. The van der Waals surface area contributed by atoms with Crippen LogP contribution in [0.15, 0.2) is 66.7 Å². The highest BCUT2D eigenvalue weighted by Crippen LogP contribution is 1.97. The average Bonchev–Trinajstić information content (AvgIpc) is 2.41. The number of hydrogen-bond acceptors (Lipinski definition) is 1. The molecule has 0 amide bonds. The van der Waals surface area contributed by atoms with Crippen LogP contribution in [-0.2, 0) is 4.79 Å². The number of rotatable bonds is 2. The zero-order chi connectivity index (χ0) is 15.2. The lowest BCUT2D eigenvalue weighted by atomic mass is 10.1. The molecule has 0 bridgehead atoms. The molecule has 20 heavy (non-hydrogen) atoms. The molecule has 1 nitrogen and oxygen atoms in total. The molecule has 0 heterocycles. The summed E-state index contributed by atoms with van der Waals surface area (Å²) in [5, 5.41) is 0. The van der Waals surface area contributed by atoms with Gasteiger partial charge in [-0.2, -0.15) is 0 Å². The minimum atomic E-state index is 0.287. The topological polar surface area (TPSA) is 17.1 Å². The quantitative estimate of drug-likeness (QED) is 0.723. The predicted octanol–water partition coefficient (Wildman–Crippen LogP) is 5.30. The third-order valence-corrected chi connectivity index (χ3v) is 2.30. The number of benzene rings is 2. The molecule has 0 radical (unpaired) electrons. The summed E-state index contributed by atoms with van der Waals surface area (Å²) in [6.45, 7) is 7.79. The largest absolute Gasteiger partial charge is 0.300 e. The molecule has 0 aliphatic carbocycles. The number of carbonyl (C=O) groups excluding carboxylic acids is 1. The molecule has 2 aromatic carbocycles. The lowest BCUT2D eigenvalue weighted by molar-refractivity contribution is -0.117. The van der Waals surface area contributed by atoms with Crippen molar-refractivity contribution >= 4 is 5.78 Å². The number of Topliss-reactive ketones (excluding diaryl/α,β-unsaturated/α-hetero) is 1. The second kappa shape index (κ2) is 12.2. The Morgan fingerprint density at radius 2 is 1.20 bits per heavy atom. The van der Waals surface area contributed by atoms with Gasteiger partial charge in [-0.05, 0) is 19.8 Å². The van der Waals surface area contributed by atoms with Crippen molar-refractivity contribution in [3.8, 4) is 0 Å². The second-order valence-corrected chi connectivity index (χ2v) is 5.11. The molecule has 0 aromatic heterocycles. The van der Waals surface area contributed by atoms with Gasteiger partial charge >= 0.3 is 0 Å². The van der Waals surface area contributed by atoms with Crippen LogP contribution >= 0.6 is 0 Å². The van der Waals surface area contributed by atoms with E-state index in [9.17, 15) is 4.79 Å². The van der Waals surface area contributed by atoms with E-state index in [0.717, 1.165) is 6.42 Å². The number of hydrogen-bond donors (Lipinski definition) is 0. The van der Waals surface area contributed by atoms with E-state index >= 15 is 0 Å². The molecule has 0 spiro atoms. The molecule has 0 N–H and O–H groups in total. The van der Waals surface area contributed by atoms with Crippen molar-refractivity contribution in [1.29, 1.82) is 0 Å². The van der Waals surface area contributed by atoms with Crippen molar-refractivity contribution in [1.82, 2.24) is 0 Å². The van der Waals surface area contributed by atoms with Crippen molar-refractivity contribution in [2.45, 2.75) is 34.1 Å². The van der Waals surface area contributed by atoms with Gasteiger partial charge in [0, 0.05) is 6.42 Å². The van der Waals surface area contributed by atoms with Gasteiger partial charge in [-0.25, -0.2) is 0 Å². The highest BCUT2D eigenvalue weighted by Gasteiger charge is 1.95. The molecule has 0 saturated heterocycles. The maximum Gasteiger partial charge on any atom is 0.130 e. The Morgan fingerprint density at radius 1 is 0.850 bits per heavy atom. The van der Waals surface area contributed by atoms with Crippen LogP contribution in [0.1, 0.15) is 32.8 Å². The summed E-state index contributed by atoms with van der Waals surface area (Å²) in [6, 6.07) is 22.3. The molecule has 0 atom stereocenters. The lowest BCUT2D eigenvalue weighted by Gasteiger charge is -1.95. The first-order chi connectivity index (χ1) is 9.52. The third kappa shape index (κ3) is 14.2. The van der Waals surface area contributed by atoms with Crippen LogP contribution in [0, 0.1) is 12.8 Å². The fourth-order valence-corrected chi connectivity index (χ4v) is 1.49. The first-order valence-electron chi connectivity index (χ1n) is 7.03. The third-order valence-electron chi connectivity index (χ3n) is 2.30. The summed E-state index contributed by atoms with van der Waals surface area (Å²) in [7, 11) is 0. The molecule has 0 unspecified atom stereocenters. The summed E-state index contributed by atoms with van der Waals surface area (Å²) in [6.07, 6.45) is 0.722. The number of carbonyl (C=O) groups is 1. The van der Waals surface area contributed by atoms with Crippen LogP contribution in [0.4, 0.5) is 0 Å². The highest BCUT2D eigenvalue weighted by molar-refractivity contribution is 5.75. The Labute approximate surface area is 123 Å². The number of aryl methyl sites for hydroxylation is 1. The maximum atomic E-state index is 10.3. The zero-order valence-electron chi connectivity index (χ0n) is 13.0. The molecule has 2 rings (SSSR count). The van der Waals surface area contributed by atoms with Gasteiger partial charge in [0.05, 0.1) is 0 Å². The van der Waals surface area contributed by atoms with Gasteiger partial charge < -0.3 is 4.79 Å². The monoisotopic (exact) mass is 270 g/mol. The minimum absolute atomic E-state index is 0.287. The molecule has 0 aliphatic rings. The zero-order valence-corrected chi connectivity index (χ0v) is 13.0. The standard InChI is InChI=1S/C7H8.C6H12O.C6H6/c1-7-5-3-2-4-6-7;1-5(2)4-6(3)7;1-2-4-6-5-3-1/h2-6H,1H3;5H,4H2,1-3H3;1-6H. The fraction of sp³-hybridized carbons (Fsp3) is 0.316. The molecular formula is C19H26O. The van der Waals surface area contributed by atoms with Crippen LogP contribution in [0.5, 0.6) is 0 Å². The van der Waals surface area contributed by atoms with E-state index in [1.807, 2.05) is 68.4 Å². The summed E-state index contributed by atoms with van der Waals surface area (Å²) >= 11 is 0. The van der Waals surface area contributed by atoms with Gasteiger partial charge in [0.2, 0.25) is 0 Å². The van der Waals surface area contributed by atoms with Crippen molar-refractivity contribution in [3.63, 3.8) is 0 Å². The van der Waals surface area contributed by atoms with E-state index in [1.54, 1.807) is 6.92 Å². The van der Waals surface area contributed by atoms with Crippen LogP contribution in [0.25, 0.3) is 0 Å². The van der Waals surface area contributed by atoms with Gasteiger partial charge in [-0.3, -0.25) is 0 Å². The molecule has 1 heteroatoms. The first-order valence-corrected chi connectivity index (χ1v) is 7.03. The molecule has 0 saturated carbocycles. The predicted molar refractivity (Wildman–Crippen MR) is 87.8 cm³/mol.